The Bertz CT molecular complexity index is 517. The number of carbonyl (C=O) groups is 2. The first-order chi connectivity index (χ1) is 9.52. The molecular weight excluding hydrogens is 258 g/mol. The number of nitrogens with two attached hydrogens (primary N) is 1. The predicted molar refractivity (Wildman–Crippen MR) is 75.5 cm³/mol. The molecule has 1 aromatic heterocycles. The summed E-state index contributed by atoms with van der Waals surface area (Å²) in [5.74, 6) is -0.0948. The number of amides is 2. The molecule has 0 radical (unpaired) electrons. The summed E-state index contributed by atoms with van der Waals surface area (Å²) in [6.07, 6.45) is 1.60. The quantitative estimate of drug-likeness (QED) is 0.743. The molecule has 1 aromatic rings. The van der Waals surface area contributed by atoms with Gasteiger partial charge in [-0.2, -0.15) is 0 Å². The van der Waals surface area contributed by atoms with E-state index >= 15 is 0 Å². The first-order valence-corrected chi connectivity index (χ1v) is 6.45. The third kappa shape index (κ3) is 2.72. The second-order valence-electron chi connectivity index (χ2n) is 4.88. The number of anilines is 1. The van der Waals surface area contributed by atoms with E-state index < -0.39 is 5.91 Å². The Morgan fingerprint density at radius 3 is 2.90 bits per heavy atom. The zero-order valence-electron chi connectivity index (χ0n) is 11.7. The Morgan fingerprint density at radius 2 is 2.25 bits per heavy atom. The molecule has 1 unspecified atom stereocenters. The number of hydrogen-bond acceptors (Lipinski definition) is 5. The van der Waals surface area contributed by atoms with Gasteiger partial charge in [0.1, 0.15) is 11.9 Å². The molecule has 1 fully saturated rings. The van der Waals surface area contributed by atoms with Crippen molar-refractivity contribution in [1.29, 1.82) is 0 Å². The van der Waals surface area contributed by atoms with Gasteiger partial charge in [0.25, 0.3) is 5.91 Å². The standard InChI is InChI=1S/C13H19N5O2/c1-17(2)13(20)10-8-15-6-7-18(10)12-9(11(14)19)4-3-5-16-12/h3-5,10,15H,6-8H2,1-2H3,(H2,14,19). The van der Waals surface area contributed by atoms with Gasteiger partial charge in [-0.1, -0.05) is 0 Å². The summed E-state index contributed by atoms with van der Waals surface area (Å²) < 4.78 is 0. The number of primary amides is 1. The first kappa shape index (κ1) is 14.3. The number of pyridine rings is 1. The average molecular weight is 277 g/mol. The number of piperazine rings is 1. The predicted octanol–water partition coefficient (Wildman–Crippen LogP) is -0.953. The van der Waals surface area contributed by atoms with E-state index in [2.05, 4.69) is 10.3 Å². The van der Waals surface area contributed by atoms with Gasteiger partial charge >= 0.3 is 0 Å². The molecule has 7 nitrogen and oxygen atoms in total. The van der Waals surface area contributed by atoms with Crippen molar-refractivity contribution in [3.8, 4) is 0 Å². The summed E-state index contributed by atoms with van der Waals surface area (Å²) in [5, 5.41) is 3.19. The van der Waals surface area contributed by atoms with Crippen LogP contribution in [-0.2, 0) is 4.79 Å². The van der Waals surface area contributed by atoms with Crippen molar-refractivity contribution in [3.05, 3.63) is 23.9 Å². The van der Waals surface area contributed by atoms with Crippen LogP contribution in [0.3, 0.4) is 0 Å². The fourth-order valence-electron chi connectivity index (χ4n) is 2.29. The van der Waals surface area contributed by atoms with Crippen LogP contribution in [-0.4, -0.2) is 61.5 Å². The van der Waals surface area contributed by atoms with Gasteiger partial charge in [0.05, 0.1) is 5.56 Å². The number of nitrogens with one attached hydrogen (secondary N) is 1. The number of hydrogen-bond donors (Lipinski definition) is 2. The largest absolute Gasteiger partial charge is 0.365 e. The minimum absolute atomic E-state index is 0.0294. The van der Waals surface area contributed by atoms with Crippen molar-refractivity contribution in [2.24, 2.45) is 5.73 Å². The van der Waals surface area contributed by atoms with E-state index in [0.29, 0.717) is 24.5 Å². The fraction of sp³-hybridized carbons (Fsp3) is 0.462. The highest BCUT2D eigenvalue weighted by atomic mass is 16.2. The van der Waals surface area contributed by atoms with E-state index in [1.54, 1.807) is 32.4 Å². The Morgan fingerprint density at radius 1 is 1.50 bits per heavy atom. The van der Waals surface area contributed by atoms with Gasteiger partial charge in [-0.05, 0) is 12.1 Å². The van der Waals surface area contributed by atoms with Gasteiger partial charge in [0.15, 0.2) is 0 Å². The van der Waals surface area contributed by atoms with E-state index in [1.165, 1.54) is 4.90 Å². The molecule has 1 saturated heterocycles. The van der Waals surface area contributed by atoms with Crippen molar-refractivity contribution < 1.29 is 9.59 Å². The maximum absolute atomic E-state index is 12.3. The smallest absolute Gasteiger partial charge is 0.252 e. The van der Waals surface area contributed by atoms with Crippen molar-refractivity contribution in [3.63, 3.8) is 0 Å². The Hall–Kier alpha value is -2.15. The molecule has 0 spiro atoms. The van der Waals surface area contributed by atoms with Crippen LogP contribution < -0.4 is 16.0 Å². The Kier molecular flexibility index (Phi) is 4.19. The van der Waals surface area contributed by atoms with Crippen LogP contribution in [0.1, 0.15) is 10.4 Å². The summed E-state index contributed by atoms with van der Waals surface area (Å²) >= 11 is 0. The maximum Gasteiger partial charge on any atom is 0.252 e. The molecule has 1 atom stereocenters. The molecule has 20 heavy (non-hydrogen) atoms. The van der Waals surface area contributed by atoms with Crippen molar-refractivity contribution in [2.45, 2.75) is 6.04 Å². The van der Waals surface area contributed by atoms with E-state index in [-0.39, 0.29) is 11.9 Å². The third-order valence-corrected chi connectivity index (χ3v) is 3.29. The van der Waals surface area contributed by atoms with Crippen LogP contribution in [0, 0.1) is 0 Å². The number of likely N-dealkylation sites (N-methyl/N-ethyl adjacent to an activating group) is 1. The van der Waals surface area contributed by atoms with E-state index in [4.69, 9.17) is 5.73 Å². The fourth-order valence-corrected chi connectivity index (χ4v) is 2.29. The highest BCUT2D eigenvalue weighted by Crippen LogP contribution is 2.21. The molecule has 2 amide bonds. The lowest BCUT2D eigenvalue weighted by atomic mass is 10.1. The summed E-state index contributed by atoms with van der Waals surface area (Å²) in [5.41, 5.74) is 5.72. The molecule has 2 rings (SSSR count). The first-order valence-electron chi connectivity index (χ1n) is 6.45. The molecule has 3 N–H and O–H groups in total. The van der Waals surface area contributed by atoms with Crippen molar-refractivity contribution >= 4 is 17.6 Å². The summed E-state index contributed by atoms with van der Waals surface area (Å²) in [4.78, 5) is 31.4. The lowest BCUT2D eigenvalue weighted by molar-refractivity contribution is -0.130. The zero-order chi connectivity index (χ0) is 14.7. The number of rotatable bonds is 3. The third-order valence-electron chi connectivity index (χ3n) is 3.29. The molecule has 0 aromatic carbocycles. The van der Waals surface area contributed by atoms with Crippen LogP contribution in [0.4, 0.5) is 5.82 Å². The van der Waals surface area contributed by atoms with Crippen molar-refractivity contribution in [1.82, 2.24) is 15.2 Å². The normalized spacial score (nSPS) is 18.7. The van der Waals surface area contributed by atoms with Crippen LogP contribution >= 0.6 is 0 Å². The van der Waals surface area contributed by atoms with E-state index in [1.807, 2.05) is 4.90 Å². The van der Waals surface area contributed by atoms with Crippen LogP contribution in [0.5, 0.6) is 0 Å². The molecule has 1 aliphatic rings. The molecule has 1 aliphatic heterocycles. The van der Waals surface area contributed by atoms with Gasteiger partial charge < -0.3 is 20.9 Å². The zero-order valence-corrected chi connectivity index (χ0v) is 11.7. The minimum Gasteiger partial charge on any atom is -0.365 e. The highest BCUT2D eigenvalue weighted by molar-refractivity contribution is 5.98. The maximum atomic E-state index is 12.3. The van der Waals surface area contributed by atoms with Crippen LogP contribution in [0.25, 0.3) is 0 Å². The molecule has 0 aliphatic carbocycles. The summed E-state index contributed by atoms with van der Waals surface area (Å²) in [7, 11) is 3.42. The number of carbonyl (C=O) groups excluding carboxylic acids is 2. The number of aromatic nitrogens is 1. The van der Waals surface area contributed by atoms with Gasteiger partial charge in [-0.25, -0.2) is 4.98 Å². The Labute approximate surface area is 117 Å². The number of nitrogens with zero attached hydrogens (tertiary/aromatic N) is 3. The average Bonchev–Trinajstić information content (AvgIpc) is 2.46. The second kappa shape index (κ2) is 5.87. The lowest BCUT2D eigenvalue weighted by Crippen LogP contribution is -2.58. The molecule has 0 saturated carbocycles. The second-order valence-corrected chi connectivity index (χ2v) is 4.88. The van der Waals surface area contributed by atoms with Gasteiger partial charge in [-0.15, -0.1) is 0 Å². The SMILES string of the molecule is CN(C)C(=O)C1CNCCN1c1ncccc1C(N)=O. The molecule has 7 heteroatoms. The molecule has 108 valence electrons. The van der Waals surface area contributed by atoms with Gasteiger partial charge in [-0.3, -0.25) is 9.59 Å². The van der Waals surface area contributed by atoms with E-state index in [9.17, 15) is 9.59 Å². The minimum atomic E-state index is -0.539. The monoisotopic (exact) mass is 277 g/mol. The highest BCUT2D eigenvalue weighted by Gasteiger charge is 2.32. The van der Waals surface area contributed by atoms with Crippen LogP contribution in [0.15, 0.2) is 18.3 Å². The Balaban J connectivity index is 2.38. The molecular formula is C13H19N5O2. The molecule has 0 bridgehead atoms. The van der Waals surface area contributed by atoms with E-state index in [0.717, 1.165) is 6.54 Å². The lowest BCUT2D eigenvalue weighted by Gasteiger charge is -2.37. The molecule has 2 heterocycles. The summed E-state index contributed by atoms with van der Waals surface area (Å²) in [6, 6.07) is 2.91. The van der Waals surface area contributed by atoms with Gasteiger partial charge in [0.2, 0.25) is 5.91 Å². The topological polar surface area (TPSA) is 91.6 Å². The summed E-state index contributed by atoms with van der Waals surface area (Å²) in [6.45, 7) is 1.85. The van der Waals surface area contributed by atoms with Crippen molar-refractivity contribution in [2.75, 3.05) is 38.6 Å². The van der Waals surface area contributed by atoms with Crippen LogP contribution in [0.2, 0.25) is 0 Å². The van der Waals surface area contributed by atoms with Gasteiger partial charge in [0, 0.05) is 39.9 Å².